The van der Waals surface area contributed by atoms with E-state index in [4.69, 9.17) is 0 Å². The Kier molecular flexibility index (Phi) is 3.60. The molecule has 1 fully saturated rings. The number of carbonyl (C=O) groups is 1. The summed E-state index contributed by atoms with van der Waals surface area (Å²) in [5, 5.41) is 1.81. The topological polar surface area (TPSA) is 50.5 Å². The average Bonchev–Trinajstić information content (AvgIpc) is 3.09. The molecule has 20 heavy (non-hydrogen) atoms. The van der Waals surface area contributed by atoms with E-state index in [1.54, 1.807) is 21.7 Å². The lowest BCUT2D eigenvalue weighted by atomic mass is 10.4. The van der Waals surface area contributed by atoms with Crippen LogP contribution in [0.5, 0.6) is 0 Å². The van der Waals surface area contributed by atoms with Gasteiger partial charge in [-0.1, -0.05) is 0 Å². The molecule has 104 valence electrons. The molecular weight excluding hydrogens is 279 g/mol. The predicted molar refractivity (Wildman–Crippen MR) is 73.2 cm³/mol. The van der Waals surface area contributed by atoms with Gasteiger partial charge in [0.25, 0.3) is 0 Å². The number of amides is 2. The third kappa shape index (κ3) is 2.62. The van der Waals surface area contributed by atoms with Crippen molar-refractivity contribution in [3.63, 3.8) is 0 Å². The first-order valence-electron chi connectivity index (χ1n) is 6.36. The Morgan fingerprint density at radius 3 is 2.95 bits per heavy atom. The first kappa shape index (κ1) is 13.0. The van der Waals surface area contributed by atoms with E-state index in [1.165, 1.54) is 23.6 Å². The van der Waals surface area contributed by atoms with Crippen LogP contribution in [-0.2, 0) is 0 Å². The molecular formula is C13H13FN4OS. The molecule has 1 aliphatic rings. The monoisotopic (exact) mass is 292 g/mol. The molecule has 7 heteroatoms. The number of aromatic nitrogens is 2. The van der Waals surface area contributed by atoms with Crippen molar-refractivity contribution in [2.75, 3.05) is 13.1 Å². The summed E-state index contributed by atoms with van der Waals surface area (Å²) >= 11 is 1.34. The SMILES string of the molecule is O=C(N=c1sccn1-c1ccnc(F)c1)N1CCCC1. The summed E-state index contributed by atoms with van der Waals surface area (Å²) in [6.45, 7) is 1.52. The average molecular weight is 292 g/mol. The maximum absolute atomic E-state index is 13.2. The number of likely N-dealkylation sites (tertiary alicyclic amines) is 1. The number of hydrogen-bond acceptors (Lipinski definition) is 3. The molecule has 1 aliphatic heterocycles. The fraction of sp³-hybridized carbons (Fsp3) is 0.308. The van der Waals surface area contributed by atoms with Crippen LogP contribution in [0.15, 0.2) is 34.9 Å². The summed E-state index contributed by atoms with van der Waals surface area (Å²) in [7, 11) is 0. The number of pyridine rings is 1. The summed E-state index contributed by atoms with van der Waals surface area (Å²) in [5.41, 5.74) is 0.603. The zero-order valence-corrected chi connectivity index (χ0v) is 11.5. The highest BCUT2D eigenvalue weighted by molar-refractivity contribution is 7.07. The fourth-order valence-electron chi connectivity index (χ4n) is 2.15. The highest BCUT2D eigenvalue weighted by Gasteiger charge is 2.17. The number of nitrogens with zero attached hydrogens (tertiary/aromatic N) is 4. The van der Waals surface area contributed by atoms with E-state index >= 15 is 0 Å². The molecule has 0 aliphatic carbocycles. The molecule has 0 aromatic carbocycles. The van der Waals surface area contributed by atoms with Gasteiger partial charge in [0.1, 0.15) is 0 Å². The maximum Gasteiger partial charge on any atom is 0.346 e. The number of urea groups is 1. The van der Waals surface area contributed by atoms with E-state index in [1.807, 2.05) is 5.38 Å². The standard InChI is InChI=1S/C13H13FN4OS/c14-11-9-10(3-4-15-11)18-7-8-20-13(18)16-12(19)17-5-1-2-6-17/h3-4,7-9H,1-2,5-6H2. The van der Waals surface area contributed by atoms with Gasteiger partial charge in [-0.25, -0.2) is 9.78 Å². The molecule has 0 unspecified atom stereocenters. The molecule has 1 saturated heterocycles. The molecule has 2 aromatic rings. The van der Waals surface area contributed by atoms with Crippen LogP contribution < -0.4 is 4.80 Å². The molecule has 0 spiro atoms. The summed E-state index contributed by atoms with van der Waals surface area (Å²) in [6, 6.07) is 2.76. The van der Waals surface area contributed by atoms with Crippen molar-refractivity contribution in [3.8, 4) is 5.69 Å². The summed E-state index contributed by atoms with van der Waals surface area (Å²) in [5.74, 6) is -0.557. The minimum absolute atomic E-state index is 0.228. The van der Waals surface area contributed by atoms with E-state index in [2.05, 4.69) is 9.98 Å². The van der Waals surface area contributed by atoms with E-state index in [9.17, 15) is 9.18 Å². The molecule has 5 nitrogen and oxygen atoms in total. The second-order valence-corrected chi connectivity index (χ2v) is 5.35. The van der Waals surface area contributed by atoms with Crippen LogP contribution in [-0.4, -0.2) is 33.6 Å². The van der Waals surface area contributed by atoms with E-state index in [-0.39, 0.29) is 6.03 Å². The van der Waals surface area contributed by atoms with Gasteiger partial charge in [0.15, 0.2) is 4.80 Å². The fourth-order valence-corrected chi connectivity index (χ4v) is 2.87. The number of rotatable bonds is 1. The minimum atomic E-state index is -0.557. The van der Waals surface area contributed by atoms with Crippen LogP contribution in [0.4, 0.5) is 9.18 Å². The Bertz CT molecular complexity index is 687. The maximum atomic E-state index is 13.2. The number of hydrogen-bond donors (Lipinski definition) is 0. The lowest BCUT2D eigenvalue weighted by Gasteiger charge is -2.10. The highest BCUT2D eigenvalue weighted by atomic mass is 32.1. The second-order valence-electron chi connectivity index (χ2n) is 4.48. The van der Waals surface area contributed by atoms with Crippen LogP contribution in [0.1, 0.15) is 12.8 Å². The summed E-state index contributed by atoms with van der Waals surface area (Å²) < 4.78 is 14.9. The van der Waals surface area contributed by atoms with Crippen LogP contribution in [0.3, 0.4) is 0 Å². The van der Waals surface area contributed by atoms with Gasteiger partial charge < -0.3 is 4.90 Å². The van der Waals surface area contributed by atoms with Crippen molar-refractivity contribution < 1.29 is 9.18 Å². The van der Waals surface area contributed by atoms with E-state index in [0.717, 1.165) is 25.9 Å². The Balaban J connectivity index is 1.95. The van der Waals surface area contributed by atoms with Crippen LogP contribution in [0, 0.1) is 5.95 Å². The van der Waals surface area contributed by atoms with Crippen LogP contribution >= 0.6 is 11.3 Å². The molecule has 0 atom stereocenters. The lowest BCUT2D eigenvalue weighted by molar-refractivity contribution is 0.218. The second kappa shape index (κ2) is 5.54. The van der Waals surface area contributed by atoms with Crippen molar-refractivity contribution in [2.45, 2.75) is 12.8 Å². The zero-order chi connectivity index (χ0) is 13.9. The normalized spacial score (nSPS) is 15.8. The Morgan fingerprint density at radius 1 is 1.40 bits per heavy atom. The number of halogens is 1. The van der Waals surface area contributed by atoms with Gasteiger partial charge in [0.2, 0.25) is 5.95 Å². The van der Waals surface area contributed by atoms with Gasteiger partial charge in [-0.2, -0.15) is 9.38 Å². The first-order valence-corrected chi connectivity index (χ1v) is 7.24. The third-order valence-corrected chi connectivity index (χ3v) is 3.90. The predicted octanol–water partition coefficient (Wildman–Crippen LogP) is 2.19. The van der Waals surface area contributed by atoms with Gasteiger partial charge in [-0.15, -0.1) is 11.3 Å². The van der Waals surface area contributed by atoms with Crippen molar-refractivity contribution in [3.05, 3.63) is 40.7 Å². The molecule has 3 heterocycles. The van der Waals surface area contributed by atoms with Crippen molar-refractivity contribution in [2.24, 2.45) is 4.99 Å². The third-order valence-electron chi connectivity index (χ3n) is 3.15. The number of thiazole rings is 1. The largest absolute Gasteiger partial charge is 0.346 e. The molecule has 2 aromatic heterocycles. The van der Waals surface area contributed by atoms with Crippen LogP contribution in [0.2, 0.25) is 0 Å². The number of carbonyl (C=O) groups excluding carboxylic acids is 1. The molecule has 0 N–H and O–H groups in total. The smallest absolute Gasteiger partial charge is 0.323 e. The van der Waals surface area contributed by atoms with E-state index < -0.39 is 5.95 Å². The van der Waals surface area contributed by atoms with Gasteiger partial charge in [-0.3, -0.25) is 4.57 Å². The summed E-state index contributed by atoms with van der Waals surface area (Å²) in [4.78, 5) is 22.0. The van der Waals surface area contributed by atoms with Gasteiger partial charge in [0, 0.05) is 36.9 Å². The quantitative estimate of drug-likeness (QED) is 0.757. The van der Waals surface area contributed by atoms with Crippen LogP contribution in [0.25, 0.3) is 5.69 Å². The summed E-state index contributed by atoms with van der Waals surface area (Å²) in [6.07, 6.45) is 5.21. The zero-order valence-electron chi connectivity index (χ0n) is 10.7. The first-order chi connectivity index (χ1) is 9.74. The molecule has 2 amide bonds. The Hall–Kier alpha value is -2.02. The van der Waals surface area contributed by atoms with Gasteiger partial charge >= 0.3 is 6.03 Å². The van der Waals surface area contributed by atoms with Crippen molar-refractivity contribution >= 4 is 17.4 Å². The van der Waals surface area contributed by atoms with Gasteiger partial charge in [-0.05, 0) is 18.9 Å². The Labute approximate surface area is 119 Å². The van der Waals surface area contributed by atoms with Crippen molar-refractivity contribution in [1.29, 1.82) is 0 Å². The molecule has 3 rings (SSSR count). The lowest BCUT2D eigenvalue weighted by Crippen LogP contribution is -2.27. The highest BCUT2D eigenvalue weighted by Crippen LogP contribution is 2.10. The van der Waals surface area contributed by atoms with Crippen molar-refractivity contribution in [1.82, 2.24) is 14.5 Å². The molecule has 0 saturated carbocycles. The molecule has 0 bridgehead atoms. The van der Waals surface area contributed by atoms with Gasteiger partial charge in [0.05, 0.1) is 5.69 Å². The molecule has 0 radical (unpaired) electrons. The van der Waals surface area contributed by atoms with E-state index in [0.29, 0.717) is 10.5 Å². The minimum Gasteiger partial charge on any atom is -0.323 e. The Morgan fingerprint density at radius 2 is 2.20 bits per heavy atom.